The number of carbonyl (C=O) groups is 1. The molecule has 1 aliphatic rings. The number of methoxy groups -OCH3 is 1. The Labute approximate surface area is 199 Å². The monoisotopic (exact) mass is 482 g/mol. The van der Waals surface area contributed by atoms with E-state index in [0.29, 0.717) is 11.5 Å². The summed E-state index contributed by atoms with van der Waals surface area (Å²) in [5.74, 6) is 1.04. The highest BCUT2D eigenvalue weighted by Crippen LogP contribution is 2.34. The highest BCUT2D eigenvalue weighted by molar-refractivity contribution is 7.89. The summed E-state index contributed by atoms with van der Waals surface area (Å²) in [7, 11) is -1.03. The maximum absolute atomic E-state index is 13.3. The van der Waals surface area contributed by atoms with Gasteiger partial charge in [-0.2, -0.15) is 4.31 Å². The van der Waals surface area contributed by atoms with Gasteiger partial charge in [0.2, 0.25) is 16.8 Å². The van der Waals surface area contributed by atoms with Crippen molar-refractivity contribution in [3.8, 4) is 17.2 Å². The van der Waals surface area contributed by atoms with E-state index in [9.17, 15) is 13.2 Å². The molecule has 0 radical (unpaired) electrons. The van der Waals surface area contributed by atoms with Crippen LogP contribution in [0.4, 0.5) is 0 Å². The highest BCUT2D eigenvalue weighted by atomic mass is 32.2. The second-order valence-corrected chi connectivity index (χ2v) is 9.93. The largest absolute Gasteiger partial charge is 0.495 e. The number of nitrogens with zero attached hydrogens (tertiary/aromatic N) is 1. The van der Waals surface area contributed by atoms with Crippen LogP contribution in [-0.2, 0) is 16.6 Å². The number of carbonyl (C=O) groups excluding carboxylic acids is 1. The first-order chi connectivity index (χ1) is 16.3. The van der Waals surface area contributed by atoms with Crippen LogP contribution in [0.3, 0.4) is 0 Å². The van der Waals surface area contributed by atoms with Crippen molar-refractivity contribution in [2.24, 2.45) is 0 Å². The van der Waals surface area contributed by atoms with Crippen molar-refractivity contribution >= 4 is 15.9 Å². The van der Waals surface area contributed by atoms with E-state index >= 15 is 0 Å². The van der Waals surface area contributed by atoms with Gasteiger partial charge in [-0.25, -0.2) is 8.42 Å². The van der Waals surface area contributed by atoms with Crippen molar-refractivity contribution in [2.75, 3.05) is 21.0 Å². The predicted molar refractivity (Wildman–Crippen MR) is 127 cm³/mol. The summed E-state index contributed by atoms with van der Waals surface area (Å²) < 4.78 is 43.9. The zero-order chi connectivity index (χ0) is 24.3. The summed E-state index contributed by atoms with van der Waals surface area (Å²) in [5.41, 5.74) is 1.89. The number of rotatable bonds is 8. The van der Waals surface area contributed by atoms with E-state index in [4.69, 9.17) is 14.2 Å². The molecule has 0 spiro atoms. The van der Waals surface area contributed by atoms with Crippen molar-refractivity contribution in [3.05, 3.63) is 83.4 Å². The molecule has 1 heterocycles. The first-order valence-electron chi connectivity index (χ1n) is 10.7. The third-order valence-corrected chi connectivity index (χ3v) is 7.43. The summed E-state index contributed by atoms with van der Waals surface area (Å²) in [6, 6.07) is 18.8. The molecule has 0 saturated heterocycles. The number of sulfonamides is 1. The normalized spacial score (nSPS) is 13.5. The Hall–Kier alpha value is -3.56. The number of ether oxygens (including phenoxy) is 3. The zero-order valence-electron chi connectivity index (χ0n) is 19.1. The minimum atomic E-state index is -3.93. The maximum atomic E-state index is 13.3. The first-order valence-corrected chi connectivity index (χ1v) is 12.1. The van der Waals surface area contributed by atoms with Crippen LogP contribution in [-0.4, -0.2) is 39.6 Å². The average molecular weight is 483 g/mol. The molecule has 0 aromatic heterocycles. The van der Waals surface area contributed by atoms with Crippen LogP contribution < -0.4 is 19.5 Å². The number of hydrogen-bond acceptors (Lipinski definition) is 6. The Morgan fingerprint density at radius 2 is 1.79 bits per heavy atom. The van der Waals surface area contributed by atoms with E-state index in [1.165, 1.54) is 36.7 Å². The molecule has 1 unspecified atom stereocenters. The van der Waals surface area contributed by atoms with Crippen molar-refractivity contribution in [1.29, 1.82) is 0 Å². The van der Waals surface area contributed by atoms with E-state index in [-0.39, 0.29) is 35.6 Å². The maximum Gasteiger partial charge on any atom is 0.251 e. The van der Waals surface area contributed by atoms with Gasteiger partial charge in [-0.3, -0.25) is 4.79 Å². The number of amides is 1. The SMILES string of the molecule is COc1ccc(C(=O)NC(C)c2ccc3c(c2)OCO3)cc1S(=O)(=O)N(C)Cc1ccccc1. The fraction of sp³-hybridized carbons (Fsp3) is 0.240. The standard InChI is InChI=1S/C25H26N2O6S/c1-17(19-9-11-21-23(13-19)33-16-32-21)26-25(28)20-10-12-22(31-3)24(14-20)34(29,30)27(2)15-18-7-5-4-6-8-18/h4-14,17H,15-16H2,1-3H3,(H,26,28). The Balaban J connectivity index is 1.55. The molecule has 0 aliphatic carbocycles. The molecule has 178 valence electrons. The van der Waals surface area contributed by atoms with E-state index in [2.05, 4.69) is 5.32 Å². The summed E-state index contributed by atoms with van der Waals surface area (Å²) in [4.78, 5) is 12.9. The first kappa shape index (κ1) is 23.6. The number of fused-ring (bicyclic) bond motifs is 1. The molecule has 9 heteroatoms. The molecule has 0 fully saturated rings. The van der Waals surface area contributed by atoms with Gasteiger partial charge >= 0.3 is 0 Å². The van der Waals surface area contributed by atoms with Gasteiger partial charge in [0, 0.05) is 19.2 Å². The van der Waals surface area contributed by atoms with Crippen LogP contribution in [0.15, 0.2) is 71.6 Å². The van der Waals surface area contributed by atoms with Crippen molar-refractivity contribution in [2.45, 2.75) is 24.4 Å². The lowest BCUT2D eigenvalue weighted by Crippen LogP contribution is -2.29. The van der Waals surface area contributed by atoms with E-state index < -0.39 is 15.9 Å². The quantitative estimate of drug-likeness (QED) is 0.526. The van der Waals surface area contributed by atoms with Crippen molar-refractivity contribution in [3.63, 3.8) is 0 Å². The zero-order valence-corrected chi connectivity index (χ0v) is 20.0. The summed E-state index contributed by atoms with van der Waals surface area (Å²) >= 11 is 0. The third-order valence-electron chi connectivity index (χ3n) is 5.61. The summed E-state index contributed by atoms with van der Waals surface area (Å²) in [6.07, 6.45) is 0. The van der Waals surface area contributed by atoms with E-state index in [0.717, 1.165) is 11.1 Å². The molecule has 3 aromatic carbocycles. The van der Waals surface area contributed by atoms with Crippen LogP contribution in [0.2, 0.25) is 0 Å². The smallest absolute Gasteiger partial charge is 0.251 e. The molecule has 0 saturated carbocycles. The fourth-order valence-electron chi connectivity index (χ4n) is 3.66. The molecule has 8 nitrogen and oxygen atoms in total. The van der Waals surface area contributed by atoms with Gasteiger partial charge in [0.15, 0.2) is 11.5 Å². The van der Waals surface area contributed by atoms with Crippen LogP contribution in [0.5, 0.6) is 17.2 Å². The molecule has 1 N–H and O–H groups in total. The Morgan fingerprint density at radius 3 is 2.53 bits per heavy atom. The molecule has 1 aliphatic heterocycles. The fourth-order valence-corrected chi connectivity index (χ4v) is 5.00. The van der Waals surface area contributed by atoms with Crippen molar-refractivity contribution in [1.82, 2.24) is 9.62 Å². The Bertz CT molecular complexity index is 1290. The van der Waals surface area contributed by atoms with Crippen molar-refractivity contribution < 1.29 is 27.4 Å². The molecular weight excluding hydrogens is 456 g/mol. The van der Waals surface area contributed by atoms with Crippen LogP contribution in [0.25, 0.3) is 0 Å². The molecular formula is C25H26N2O6S. The summed E-state index contributed by atoms with van der Waals surface area (Å²) in [5, 5.41) is 2.90. The van der Waals surface area contributed by atoms with E-state index in [1.807, 2.05) is 49.4 Å². The minimum Gasteiger partial charge on any atom is -0.495 e. The van der Waals surface area contributed by atoms with Gasteiger partial charge in [0.1, 0.15) is 10.6 Å². The van der Waals surface area contributed by atoms with E-state index in [1.54, 1.807) is 6.07 Å². The predicted octanol–water partition coefficient (Wildman–Crippen LogP) is 3.74. The van der Waals surface area contributed by atoms with Gasteiger partial charge in [-0.15, -0.1) is 0 Å². The topological polar surface area (TPSA) is 94.2 Å². The summed E-state index contributed by atoms with van der Waals surface area (Å²) in [6.45, 7) is 2.19. The molecule has 0 bridgehead atoms. The Kier molecular flexibility index (Phi) is 6.76. The lowest BCUT2D eigenvalue weighted by molar-refractivity contribution is 0.0939. The minimum absolute atomic E-state index is 0.0724. The lowest BCUT2D eigenvalue weighted by atomic mass is 10.1. The van der Waals surface area contributed by atoms with Gasteiger partial charge in [0.25, 0.3) is 5.91 Å². The van der Waals surface area contributed by atoms with Crippen LogP contribution >= 0.6 is 0 Å². The van der Waals surface area contributed by atoms with Gasteiger partial charge in [-0.05, 0) is 48.4 Å². The number of nitrogens with one attached hydrogen (secondary N) is 1. The number of benzene rings is 3. The van der Waals surface area contributed by atoms with Crippen LogP contribution in [0.1, 0.15) is 34.5 Å². The molecule has 3 aromatic rings. The Morgan fingerprint density at radius 1 is 1.06 bits per heavy atom. The molecule has 4 rings (SSSR count). The average Bonchev–Trinajstić information content (AvgIpc) is 3.32. The number of hydrogen-bond donors (Lipinski definition) is 1. The molecule has 1 atom stereocenters. The van der Waals surface area contributed by atoms with Gasteiger partial charge in [0.05, 0.1) is 13.2 Å². The van der Waals surface area contributed by atoms with Gasteiger partial charge < -0.3 is 19.5 Å². The van der Waals surface area contributed by atoms with Gasteiger partial charge in [-0.1, -0.05) is 36.4 Å². The highest BCUT2D eigenvalue weighted by Gasteiger charge is 2.27. The molecule has 1 amide bonds. The second kappa shape index (κ2) is 9.74. The lowest BCUT2D eigenvalue weighted by Gasteiger charge is -2.20. The van der Waals surface area contributed by atoms with Crippen LogP contribution in [0, 0.1) is 0 Å². The molecule has 34 heavy (non-hydrogen) atoms. The second-order valence-electron chi connectivity index (χ2n) is 7.92. The third kappa shape index (κ3) is 4.85.